The van der Waals surface area contributed by atoms with Crippen LogP contribution in [0.4, 0.5) is 0 Å². The fourth-order valence-corrected chi connectivity index (χ4v) is 4.68. The summed E-state index contributed by atoms with van der Waals surface area (Å²) in [4.78, 5) is 8.45. The molecule has 7 heteroatoms. The monoisotopic (exact) mass is 457 g/mol. The Labute approximate surface area is 191 Å². The maximum atomic E-state index is 8.08. The predicted molar refractivity (Wildman–Crippen MR) is 126 cm³/mol. The van der Waals surface area contributed by atoms with Crippen LogP contribution >= 0.6 is 23.2 Å². The summed E-state index contributed by atoms with van der Waals surface area (Å²) in [7, 11) is 0. The lowest BCUT2D eigenvalue weighted by Gasteiger charge is -2.15. The third kappa shape index (κ3) is 5.18. The van der Waals surface area contributed by atoms with E-state index >= 15 is 0 Å². The summed E-state index contributed by atoms with van der Waals surface area (Å²) in [6.45, 7) is 2.60. The molecule has 162 valence electrons. The van der Waals surface area contributed by atoms with Crippen molar-refractivity contribution < 1.29 is 10.2 Å². The lowest BCUT2D eigenvalue weighted by Crippen LogP contribution is -2.15. The van der Waals surface area contributed by atoms with Crippen LogP contribution in [0.5, 0.6) is 0 Å². The van der Waals surface area contributed by atoms with E-state index in [1.54, 1.807) is 0 Å². The summed E-state index contributed by atoms with van der Waals surface area (Å²) in [5.74, 6) is -0.935. The van der Waals surface area contributed by atoms with Gasteiger partial charge in [0.1, 0.15) is 10.8 Å². The first-order valence-corrected chi connectivity index (χ1v) is 11.1. The molecular weight excluding hydrogens is 433 g/mol. The van der Waals surface area contributed by atoms with Gasteiger partial charge in [0, 0.05) is 12.2 Å². The first-order chi connectivity index (χ1) is 14.7. The Hall–Kier alpha value is -2.18. The third-order valence-corrected chi connectivity index (χ3v) is 6.00. The molecule has 1 aliphatic rings. The minimum Gasteiger partial charge on any atom is -0.366 e. The highest BCUT2D eigenvalue weighted by atomic mass is 35.5. The van der Waals surface area contributed by atoms with E-state index in [1.165, 1.54) is 36.6 Å². The Kier molecular flexibility index (Phi) is 6.22. The van der Waals surface area contributed by atoms with Gasteiger partial charge in [0.15, 0.2) is 5.79 Å². The van der Waals surface area contributed by atoms with E-state index < -0.39 is 5.79 Å². The smallest absolute Gasteiger partial charge is 0.225 e. The Balaban J connectivity index is 0.000000418. The number of fused-ring (bicyclic) bond motifs is 2. The molecule has 2 aromatic carbocycles. The van der Waals surface area contributed by atoms with Crippen molar-refractivity contribution in [1.29, 1.82) is 0 Å². The van der Waals surface area contributed by atoms with Gasteiger partial charge in [0.2, 0.25) is 5.28 Å². The molecule has 1 fully saturated rings. The van der Waals surface area contributed by atoms with Crippen LogP contribution in [-0.2, 0) is 0 Å². The van der Waals surface area contributed by atoms with Gasteiger partial charge in [-0.15, -0.1) is 0 Å². The van der Waals surface area contributed by atoms with Gasteiger partial charge in [-0.3, -0.25) is 0 Å². The lowest BCUT2D eigenvalue weighted by atomic mass is 9.95. The number of hydrogen-bond donors (Lipinski definition) is 2. The zero-order chi connectivity index (χ0) is 22.2. The maximum Gasteiger partial charge on any atom is 0.225 e. The fourth-order valence-electron chi connectivity index (χ4n) is 4.24. The quantitative estimate of drug-likeness (QED) is 0.216. The molecule has 2 unspecified atom stereocenters. The molecule has 1 saturated carbocycles. The molecule has 2 N–H and O–H groups in total. The standard InChI is InChI=1S/C21H17Cl2N3.C3H8O2/c22-19-18-9-10-26(20(18)25-21(23)24-19)17-8-7-16(12-17)15-6-5-13-3-1-2-4-14(13)11-15;1-3(2,4)5/h1-6,9-11,16-17H,7-8,12H2;4-5H,1-2H3. The van der Waals surface area contributed by atoms with Gasteiger partial charge < -0.3 is 14.8 Å². The number of rotatable bonds is 2. The summed E-state index contributed by atoms with van der Waals surface area (Å²) >= 11 is 12.2. The largest absolute Gasteiger partial charge is 0.366 e. The topological polar surface area (TPSA) is 71.2 Å². The van der Waals surface area contributed by atoms with E-state index in [2.05, 4.69) is 63.2 Å². The Morgan fingerprint density at radius 1 is 0.968 bits per heavy atom. The average Bonchev–Trinajstić information content (AvgIpc) is 3.33. The number of benzene rings is 2. The van der Waals surface area contributed by atoms with Crippen LogP contribution < -0.4 is 0 Å². The molecule has 1 aliphatic carbocycles. The van der Waals surface area contributed by atoms with Crippen LogP contribution in [0.15, 0.2) is 54.7 Å². The van der Waals surface area contributed by atoms with Crippen molar-refractivity contribution in [3.8, 4) is 0 Å². The highest BCUT2D eigenvalue weighted by Gasteiger charge is 2.28. The summed E-state index contributed by atoms with van der Waals surface area (Å²) in [6.07, 6.45) is 5.46. The second-order valence-corrected chi connectivity index (χ2v) is 9.20. The van der Waals surface area contributed by atoms with Gasteiger partial charge in [-0.25, -0.2) is 4.98 Å². The van der Waals surface area contributed by atoms with Crippen molar-refractivity contribution in [2.75, 3.05) is 0 Å². The highest BCUT2D eigenvalue weighted by molar-refractivity contribution is 6.35. The van der Waals surface area contributed by atoms with Crippen molar-refractivity contribution >= 4 is 45.0 Å². The highest BCUT2D eigenvalue weighted by Crippen LogP contribution is 2.43. The zero-order valence-corrected chi connectivity index (χ0v) is 19.0. The molecule has 2 atom stereocenters. The summed E-state index contributed by atoms with van der Waals surface area (Å²) in [5.41, 5.74) is 2.26. The first-order valence-electron chi connectivity index (χ1n) is 10.3. The number of hydrogen-bond acceptors (Lipinski definition) is 4. The fraction of sp³-hybridized carbons (Fsp3) is 0.333. The number of aromatic nitrogens is 3. The molecule has 0 bridgehead atoms. The molecule has 4 aromatic rings. The third-order valence-electron chi connectivity index (χ3n) is 5.54. The van der Waals surface area contributed by atoms with Crippen molar-refractivity contribution in [3.05, 3.63) is 70.7 Å². The lowest BCUT2D eigenvalue weighted by molar-refractivity contribution is -0.127. The van der Waals surface area contributed by atoms with E-state index in [4.69, 9.17) is 33.4 Å². The van der Waals surface area contributed by atoms with Gasteiger partial charge in [-0.05, 0) is 73.0 Å². The Morgan fingerprint density at radius 3 is 2.42 bits per heavy atom. The molecule has 2 aromatic heterocycles. The Bertz CT molecular complexity index is 1210. The normalized spacial score (nSPS) is 18.9. The van der Waals surface area contributed by atoms with Gasteiger partial charge in [0.25, 0.3) is 0 Å². The zero-order valence-electron chi connectivity index (χ0n) is 17.5. The van der Waals surface area contributed by atoms with Crippen LogP contribution in [0.2, 0.25) is 10.4 Å². The molecule has 0 saturated heterocycles. The average molecular weight is 458 g/mol. The van der Waals surface area contributed by atoms with Gasteiger partial charge >= 0.3 is 0 Å². The van der Waals surface area contributed by atoms with E-state index in [1.807, 2.05) is 6.07 Å². The minimum absolute atomic E-state index is 0.200. The number of nitrogens with zero attached hydrogens (tertiary/aromatic N) is 3. The number of halogens is 2. The van der Waals surface area contributed by atoms with Crippen molar-refractivity contribution in [1.82, 2.24) is 14.5 Å². The van der Waals surface area contributed by atoms with E-state index in [-0.39, 0.29) is 5.28 Å². The number of aliphatic hydroxyl groups is 2. The van der Waals surface area contributed by atoms with Crippen molar-refractivity contribution in [3.63, 3.8) is 0 Å². The SMILES string of the molecule is CC(C)(O)O.Clc1nc(Cl)c2ccn(C3CCC(c4ccc5ccccc5c4)C3)c2n1. The predicted octanol–water partition coefficient (Wildman–Crippen LogP) is 6.11. The van der Waals surface area contributed by atoms with Gasteiger partial charge in [-0.2, -0.15) is 4.98 Å². The molecule has 0 radical (unpaired) electrons. The second kappa shape index (κ2) is 8.75. The summed E-state index contributed by atoms with van der Waals surface area (Å²) < 4.78 is 2.22. The van der Waals surface area contributed by atoms with Gasteiger partial charge in [0.05, 0.1) is 5.39 Å². The van der Waals surface area contributed by atoms with Crippen molar-refractivity contribution in [2.45, 2.75) is 50.9 Å². The van der Waals surface area contributed by atoms with E-state index in [0.29, 0.717) is 17.1 Å². The van der Waals surface area contributed by atoms with E-state index in [0.717, 1.165) is 23.9 Å². The van der Waals surface area contributed by atoms with Crippen LogP contribution in [0.25, 0.3) is 21.8 Å². The second-order valence-electron chi connectivity index (χ2n) is 8.51. The van der Waals surface area contributed by atoms with Gasteiger partial charge in [-0.1, -0.05) is 54.1 Å². The van der Waals surface area contributed by atoms with Crippen LogP contribution in [0.1, 0.15) is 50.6 Å². The van der Waals surface area contributed by atoms with Crippen LogP contribution in [0.3, 0.4) is 0 Å². The molecule has 0 amide bonds. The molecule has 5 nitrogen and oxygen atoms in total. The molecule has 2 heterocycles. The molecular formula is C24H25Cl2N3O2. The molecule has 0 spiro atoms. The summed E-state index contributed by atoms with van der Waals surface area (Å²) in [5, 5.41) is 20.2. The molecule has 5 rings (SSSR count). The van der Waals surface area contributed by atoms with E-state index in [9.17, 15) is 0 Å². The molecule has 0 aliphatic heterocycles. The van der Waals surface area contributed by atoms with Crippen LogP contribution in [-0.4, -0.2) is 30.5 Å². The first kappa shape index (κ1) is 22.0. The Morgan fingerprint density at radius 2 is 1.68 bits per heavy atom. The molecule has 31 heavy (non-hydrogen) atoms. The minimum atomic E-state index is -1.50. The summed E-state index contributed by atoms with van der Waals surface area (Å²) in [6, 6.07) is 17.8. The van der Waals surface area contributed by atoms with Crippen LogP contribution in [0, 0.1) is 0 Å². The maximum absolute atomic E-state index is 8.08. The van der Waals surface area contributed by atoms with Crippen molar-refractivity contribution in [2.24, 2.45) is 0 Å².